The van der Waals surface area contributed by atoms with Gasteiger partial charge in [0.1, 0.15) is 23.8 Å². The molecule has 0 saturated carbocycles. The summed E-state index contributed by atoms with van der Waals surface area (Å²) in [4.78, 5) is 18.9. The Labute approximate surface area is 220 Å². The average Bonchev–Trinajstić information content (AvgIpc) is 3.64. The van der Waals surface area contributed by atoms with E-state index in [0.29, 0.717) is 55.1 Å². The zero-order chi connectivity index (χ0) is 25.2. The fourth-order valence-electron chi connectivity index (χ4n) is 6.05. The van der Waals surface area contributed by atoms with E-state index in [9.17, 15) is 9.65 Å². The quantitative estimate of drug-likeness (QED) is 0.476. The Morgan fingerprint density at radius 2 is 2.16 bits per heavy atom. The van der Waals surface area contributed by atoms with Crippen molar-refractivity contribution in [2.45, 2.75) is 41.5 Å². The molecule has 0 amide bonds. The highest BCUT2D eigenvalue weighted by Crippen LogP contribution is 2.57. The molecule has 11 nitrogen and oxygen atoms in total. The van der Waals surface area contributed by atoms with Gasteiger partial charge in [-0.15, -0.1) is 28.1 Å². The van der Waals surface area contributed by atoms with Crippen molar-refractivity contribution in [3.05, 3.63) is 28.3 Å². The largest absolute Gasteiger partial charge is 0.461 e. The number of thioether (sulfide) groups is 1. The smallest absolute Gasteiger partial charge is 0.331 e. The summed E-state index contributed by atoms with van der Waals surface area (Å²) in [7, 11) is 0. The molecular formula is C23H24FN9O2S2. The molecule has 7 rings (SSSR count). The van der Waals surface area contributed by atoms with Crippen molar-refractivity contribution in [3.63, 3.8) is 0 Å². The fraction of sp³-hybridized carbons (Fsp3) is 0.522. The molecule has 192 valence electrons. The number of halogens is 1. The molecule has 7 heterocycles. The van der Waals surface area contributed by atoms with Gasteiger partial charge in [-0.1, -0.05) is 0 Å². The number of hydrogen-bond acceptors (Lipinski definition) is 12. The molecule has 2 atom stereocenters. The number of hydrogen-bond donors (Lipinski definition) is 2. The van der Waals surface area contributed by atoms with Crippen LogP contribution in [0.2, 0.25) is 0 Å². The summed E-state index contributed by atoms with van der Waals surface area (Å²) in [5.74, 6) is 1.66. The van der Waals surface area contributed by atoms with Crippen LogP contribution >= 0.6 is 23.1 Å². The molecule has 4 aliphatic heterocycles. The van der Waals surface area contributed by atoms with Crippen LogP contribution in [0.5, 0.6) is 17.9 Å². The lowest BCUT2D eigenvalue weighted by atomic mass is 9.88. The van der Waals surface area contributed by atoms with E-state index >= 15 is 0 Å². The number of ether oxygens (including phenoxy) is 2. The SMILES string of the molecule is N#Cc1c(N)sc2c1C1(CN(c3nc(OC[C@@]45CCCN4C[C@H](F)C5)nc(Oc4ccn[nH]4)n3)C1)SC2. The first-order chi connectivity index (χ1) is 18.0. The minimum absolute atomic E-state index is 0.0815. The number of nitrogen functional groups attached to an aromatic ring is 1. The van der Waals surface area contributed by atoms with E-state index in [2.05, 4.69) is 36.1 Å². The van der Waals surface area contributed by atoms with Crippen molar-refractivity contribution in [2.75, 3.05) is 43.4 Å². The normalized spacial score (nSPS) is 25.6. The Morgan fingerprint density at radius 1 is 1.30 bits per heavy atom. The number of anilines is 2. The van der Waals surface area contributed by atoms with Crippen molar-refractivity contribution in [1.82, 2.24) is 30.0 Å². The number of nitrogens with one attached hydrogen (secondary N) is 1. The molecule has 3 aromatic heterocycles. The first-order valence-corrected chi connectivity index (χ1v) is 13.9. The van der Waals surface area contributed by atoms with Crippen LogP contribution in [-0.2, 0) is 10.5 Å². The summed E-state index contributed by atoms with van der Waals surface area (Å²) in [6.07, 6.45) is 3.11. The summed E-state index contributed by atoms with van der Waals surface area (Å²) in [5.41, 5.74) is 7.44. The first-order valence-electron chi connectivity index (χ1n) is 12.1. The topological polar surface area (TPSA) is 142 Å². The van der Waals surface area contributed by atoms with Crippen LogP contribution in [0.4, 0.5) is 15.3 Å². The predicted molar refractivity (Wildman–Crippen MR) is 136 cm³/mol. The number of aromatic nitrogens is 5. The standard InChI is InChI=1S/C23H24FN9O2S2/c24-13-6-22(3-1-5-33(22)8-13)12-34-20-28-19(29-21(30-20)35-16-2-4-27-31-16)32-10-23(11-32)17-14(7-25)18(26)37-15(17)9-36-23/h2,4,13H,1,3,5-6,8-12,26H2,(H,27,31)/t13-,22+/m1/s1. The number of thiophene rings is 1. The third-order valence-electron chi connectivity index (χ3n) is 7.72. The monoisotopic (exact) mass is 541 g/mol. The van der Waals surface area contributed by atoms with Crippen molar-refractivity contribution in [2.24, 2.45) is 0 Å². The predicted octanol–water partition coefficient (Wildman–Crippen LogP) is 2.82. The summed E-state index contributed by atoms with van der Waals surface area (Å²) < 4.78 is 25.9. The molecule has 4 aliphatic rings. The first kappa shape index (κ1) is 23.0. The lowest BCUT2D eigenvalue weighted by molar-refractivity contribution is 0.106. The Hall–Kier alpha value is -3.15. The summed E-state index contributed by atoms with van der Waals surface area (Å²) in [6.45, 7) is 2.90. The molecule has 0 aliphatic carbocycles. The zero-order valence-electron chi connectivity index (χ0n) is 19.8. The second-order valence-corrected chi connectivity index (χ2v) is 12.5. The molecule has 37 heavy (non-hydrogen) atoms. The van der Waals surface area contributed by atoms with Crippen molar-refractivity contribution >= 4 is 34.0 Å². The van der Waals surface area contributed by atoms with Crippen LogP contribution in [0.3, 0.4) is 0 Å². The van der Waals surface area contributed by atoms with E-state index < -0.39 is 6.17 Å². The van der Waals surface area contributed by atoms with Crippen LogP contribution in [0.15, 0.2) is 12.3 Å². The average molecular weight is 542 g/mol. The highest BCUT2D eigenvalue weighted by atomic mass is 32.2. The maximum absolute atomic E-state index is 14.2. The maximum atomic E-state index is 14.2. The number of nitrogens with zero attached hydrogens (tertiary/aromatic N) is 7. The van der Waals surface area contributed by atoms with E-state index in [-0.39, 0.29) is 22.3 Å². The van der Waals surface area contributed by atoms with Crippen molar-refractivity contribution in [1.29, 1.82) is 5.26 Å². The molecule has 0 radical (unpaired) electrons. The van der Waals surface area contributed by atoms with E-state index in [1.54, 1.807) is 12.3 Å². The van der Waals surface area contributed by atoms with Crippen LogP contribution in [0.25, 0.3) is 0 Å². The molecular weight excluding hydrogens is 517 g/mol. The summed E-state index contributed by atoms with van der Waals surface area (Å²) >= 11 is 3.33. The van der Waals surface area contributed by atoms with Gasteiger partial charge in [0, 0.05) is 48.3 Å². The van der Waals surface area contributed by atoms with Crippen LogP contribution in [-0.4, -0.2) is 74.5 Å². The summed E-state index contributed by atoms with van der Waals surface area (Å²) in [6, 6.07) is 4.18. The maximum Gasteiger partial charge on any atom is 0.331 e. The number of nitriles is 1. The number of fused-ring (bicyclic) bond motifs is 3. The van der Waals surface area contributed by atoms with Gasteiger partial charge < -0.3 is 20.1 Å². The lowest BCUT2D eigenvalue weighted by Gasteiger charge is -2.47. The van der Waals surface area contributed by atoms with Gasteiger partial charge in [0.05, 0.1) is 22.0 Å². The third-order valence-corrected chi connectivity index (χ3v) is 10.4. The van der Waals surface area contributed by atoms with Crippen molar-refractivity contribution in [3.8, 4) is 24.0 Å². The van der Waals surface area contributed by atoms with Gasteiger partial charge >= 0.3 is 12.0 Å². The number of nitrogens with two attached hydrogens (primary N) is 1. The minimum Gasteiger partial charge on any atom is -0.461 e. The van der Waals surface area contributed by atoms with E-state index in [1.807, 2.05) is 16.7 Å². The van der Waals surface area contributed by atoms with Gasteiger partial charge in [-0.2, -0.15) is 20.3 Å². The van der Waals surface area contributed by atoms with Gasteiger partial charge in [0.2, 0.25) is 11.8 Å². The Kier molecular flexibility index (Phi) is 5.24. The molecule has 0 unspecified atom stereocenters. The third kappa shape index (κ3) is 3.71. The lowest BCUT2D eigenvalue weighted by Crippen LogP contribution is -2.57. The number of aromatic amines is 1. The van der Waals surface area contributed by atoms with E-state index in [0.717, 1.165) is 30.7 Å². The Bertz CT molecular complexity index is 1390. The number of rotatable bonds is 6. The fourth-order valence-corrected chi connectivity index (χ4v) is 8.86. The summed E-state index contributed by atoms with van der Waals surface area (Å²) in [5, 5.41) is 16.9. The molecule has 3 aromatic rings. The van der Waals surface area contributed by atoms with E-state index in [4.69, 9.17) is 15.2 Å². The molecule has 0 aromatic carbocycles. The molecule has 3 N–H and O–H groups in total. The second-order valence-electron chi connectivity index (χ2n) is 9.98. The number of alkyl halides is 1. The van der Waals surface area contributed by atoms with Gasteiger partial charge in [-0.25, -0.2) is 9.49 Å². The Balaban J connectivity index is 1.15. The van der Waals surface area contributed by atoms with Gasteiger partial charge in [-0.05, 0) is 19.4 Å². The van der Waals surface area contributed by atoms with Crippen LogP contribution in [0, 0.1) is 11.3 Å². The highest BCUT2D eigenvalue weighted by Gasteiger charge is 2.53. The van der Waals surface area contributed by atoms with Gasteiger partial charge in [-0.3, -0.25) is 4.90 Å². The molecule has 3 fully saturated rings. The molecule has 14 heteroatoms. The van der Waals surface area contributed by atoms with Crippen LogP contribution < -0.4 is 20.1 Å². The molecule has 0 bridgehead atoms. The highest BCUT2D eigenvalue weighted by molar-refractivity contribution is 8.00. The minimum atomic E-state index is -0.840. The van der Waals surface area contributed by atoms with E-state index in [1.165, 1.54) is 16.2 Å². The molecule has 3 saturated heterocycles. The second kappa shape index (κ2) is 8.44. The molecule has 1 spiro atoms. The number of H-pyrrole nitrogens is 1. The van der Waals surface area contributed by atoms with Gasteiger partial charge in [0.15, 0.2) is 0 Å². The zero-order valence-corrected chi connectivity index (χ0v) is 21.4. The van der Waals surface area contributed by atoms with Crippen molar-refractivity contribution < 1.29 is 13.9 Å². The van der Waals surface area contributed by atoms with Gasteiger partial charge in [0.25, 0.3) is 0 Å². The van der Waals surface area contributed by atoms with Crippen LogP contribution in [0.1, 0.15) is 35.3 Å². The Morgan fingerprint density at radius 3 is 2.97 bits per heavy atom.